The number of halogens is 3. The minimum Gasteiger partial charge on any atom is -0.365 e. The third-order valence-corrected chi connectivity index (χ3v) is 3.90. The number of sulfonamides is 1. The Kier molecular flexibility index (Phi) is 5.07. The van der Waals surface area contributed by atoms with E-state index in [4.69, 9.17) is 17.3 Å². The molecule has 0 aliphatic carbocycles. The van der Waals surface area contributed by atoms with E-state index >= 15 is 0 Å². The number of anilines is 1. The molecule has 9 heteroatoms. The zero-order valence-electron chi connectivity index (χ0n) is 9.62. The van der Waals surface area contributed by atoms with Gasteiger partial charge in [-0.05, 0) is 18.6 Å². The van der Waals surface area contributed by atoms with E-state index < -0.39 is 44.8 Å². The maximum atomic E-state index is 13.3. The largest absolute Gasteiger partial charge is 0.365 e. The molecule has 106 valence electrons. The Morgan fingerprint density at radius 3 is 2.58 bits per heavy atom. The van der Waals surface area contributed by atoms with E-state index in [0.717, 1.165) is 12.1 Å². The molecule has 0 saturated carbocycles. The number of benzene rings is 1. The molecule has 0 atom stereocenters. The van der Waals surface area contributed by atoms with Gasteiger partial charge in [-0.2, -0.15) is 0 Å². The second kappa shape index (κ2) is 6.16. The summed E-state index contributed by atoms with van der Waals surface area (Å²) in [5.41, 5.74) is 4.15. The first-order chi connectivity index (χ1) is 8.78. The first-order valence-electron chi connectivity index (χ1n) is 5.12. The molecule has 0 unspecified atom stereocenters. The van der Waals surface area contributed by atoms with Gasteiger partial charge in [0.25, 0.3) is 5.91 Å². The Morgan fingerprint density at radius 2 is 2.05 bits per heavy atom. The Hall–Kier alpha value is -1.41. The monoisotopic (exact) mass is 312 g/mol. The fraction of sp³-hybridized carbons (Fsp3) is 0.300. The molecule has 0 spiro atoms. The third-order valence-electron chi connectivity index (χ3n) is 2.15. The van der Waals surface area contributed by atoms with Gasteiger partial charge in [0.05, 0.1) is 28.7 Å². The van der Waals surface area contributed by atoms with Gasteiger partial charge in [-0.3, -0.25) is 13.9 Å². The van der Waals surface area contributed by atoms with Crippen molar-refractivity contribution in [2.24, 2.45) is 5.73 Å². The summed E-state index contributed by atoms with van der Waals surface area (Å²) in [6, 6.07) is 1.91. The number of nitrogens with two attached hydrogens (primary N) is 1. The van der Waals surface area contributed by atoms with Gasteiger partial charge in [-0.1, -0.05) is 11.6 Å². The van der Waals surface area contributed by atoms with Crippen LogP contribution in [0.5, 0.6) is 0 Å². The number of hydrogen-bond donors (Lipinski definition) is 2. The van der Waals surface area contributed by atoms with Crippen LogP contribution in [0.1, 0.15) is 16.8 Å². The smallest absolute Gasteiger partial charge is 0.253 e. The number of carbonyl (C=O) groups is 1. The first kappa shape index (κ1) is 15.6. The molecule has 0 aliphatic heterocycles. The highest BCUT2D eigenvalue weighted by Gasteiger charge is 2.19. The lowest BCUT2D eigenvalue weighted by Crippen LogP contribution is -2.19. The van der Waals surface area contributed by atoms with Crippen molar-refractivity contribution in [2.45, 2.75) is 6.42 Å². The molecule has 1 amide bonds. The second-order valence-corrected chi connectivity index (χ2v) is 5.83. The molecule has 0 fully saturated rings. The van der Waals surface area contributed by atoms with E-state index in [2.05, 4.69) is 0 Å². The number of nitrogens with one attached hydrogen (secondary N) is 1. The van der Waals surface area contributed by atoms with Crippen molar-refractivity contribution >= 4 is 33.2 Å². The van der Waals surface area contributed by atoms with Crippen molar-refractivity contribution in [1.82, 2.24) is 0 Å². The van der Waals surface area contributed by atoms with Gasteiger partial charge in [0.2, 0.25) is 10.0 Å². The number of rotatable bonds is 6. The lowest BCUT2D eigenvalue weighted by Gasteiger charge is -2.11. The van der Waals surface area contributed by atoms with E-state index in [1.54, 1.807) is 0 Å². The van der Waals surface area contributed by atoms with Crippen LogP contribution in [0, 0.1) is 5.82 Å². The fourth-order valence-corrected chi connectivity index (χ4v) is 2.77. The zero-order valence-corrected chi connectivity index (χ0v) is 11.2. The zero-order chi connectivity index (χ0) is 14.6. The number of hydrogen-bond acceptors (Lipinski definition) is 3. The van der Waals surface area contributed by atoms with Crippen LogP contribution in [0.4, 0.5) is 14.5 Å². The van der Waals surface area contributed by atoms with Gasteiger partial charge in [0, 0.05) is 0 Å². The van der Waals surface area contributed by atoms with E-state index in [9.17, 15) is 22.0 Å². The average molecular weight is 313 g/mol. The standard InChI is InChI=1S/C10H11ClF2N2O3S/c11-9-7(15-19(17,18)5-1-4-12)3-2-6(13)8(9)10(14)16/h2-3,15H,1,4-5H2,(H2,14,16). The SMILES string of the molecule is NC(=O)c1c(F)ccc(NS(=O)(=O)CCCF)c1Cl. The summed E-state index contributed by atoms with van der Waals surface area (Å²) in [6.07, 6.45) is -0.184. The van der Waals surface area contributed by atoms with Crippen molar-refractivity contribution in [3.8, 4) is 0 Å². The van der Waals surface area contributed by atoms with Crippen LogP contribution in [0.15, 0.2) is 12.1 Å². The maximum absolute atomic E-state index is 13.3. The Labute approximate surface area is 113 Å². The topological polar surface area (TPSA) is 89.3 Å². The van der Waals surface area contributed by atoms with Crippen LogP contribution >= 0.6 is 11.6 Å². The second-order valence-electron chi connectivity index (χ2n) is 3.61. The molecule has 0 saturated heterocycles. The van der Waals surface area contributed by atoms with E-state index in [1.807, 2.05) is 4.72 Å². The predicted molar refractivity (Wildman–Crippen MR) is 67.9 cm³/mol. The fourth-order valence-electron chi connectivity index (χ4n) is 1.32. The minimum atomic E-state index is -3.82. The van der Waals surface area contributed by atoms with Crippen molar-refractivity contribution in [1.29, 1.82) is 0 Å². The maximum Gasteiger partial charge on any atom is 0.253 e. The molecule has 0 aromatic heterocycles. The normalized spacial score (nSPS) is 11.3. The van der Waals surface area contributed by atoms with Gasteiger partial charge in [0.1, 0.15) is 5.82 Å². The van der Waals surface area contributed by atoms with Crippen LogP contribution < -0.4 is 10.5 Å². The number of amides is 1. The summed E-state index contributed by atoms with van der Waals surface area (Å²) in [6.45, 7) is -0.787. The molecule has 3 N–H and O–H groups in total. The van der Waals surface area contributed by atoms with Crippen LogP contribution in [0.25, 0.3) is 0 Å². The summed E-state index contributed by atoms with van der Waals surface area (Å²) in [7, 11) is -3.82. The van der Waals surface area contributed by atoms with Gasteiger partial charge in [-0.15, -0.1) is 0 Å². The molecular formula is C10H11ClF2N2O3S. The summed E-state index contributed by atoms with van der Waals surface area (Å²) >= 11 is 5.71. The summed E-state index contributed by atoms with van der Waals surface area (Å²) in [5, 5.41) is -0.434. The predicted octanol–water partition coefficient (Wildman–Crippen LogP) is 1.68. The molecule has 5 nitrogen and oxygen atoms in total. The minimum absolute atomic E-state index is 0.184. The van der Waals surface area contributed by atoms with Crippen LogP contribution in [0.3, 0.4) is 0 Å². The van der Waals surface area contributed by atoms with E-state index in [0.29, 0.717) is 0 Å². The molecule has 0 radical (unpaired) electrons. The first-order valence-corrected chi connectivity index (χ1v) is 7.16. The van der Waals surface area contributed by atoms with Gasteiger partial charge in [0.15, 0.2) is 0 Å². The van der Waals surface area contributed by atoms with Crippen molar-refractivity contribution in [3.05, 3.63) is 28.5 Å². The molecule has 0 aliphatic rings. The Balaban J connectivity index is 3.10. The Morgan fingerprint density at radius 1 is 1.42 bits per heavy atom. The van der Waals surface area contributed by atoms with Crippen LogP contribution in [-0.4, -0.2) is 26.8 Å². The van der Waals surface area contributed by atoms with Crippen molar-refractivity contribution in [2.75, 3.05) is 17.1 Å². The van der Waals surface area contributed by atoms with Crippen LogP contribution in [-0.2, 0) is 10.0 Å². The molecule has 19 heavy (non-hydrogen) atoms. The highest BCUT2D eigenvalue weighted by molar-refractivity contribution is 7.92. The lowest BCUT2D eigenvalue weighted by molar-refractivity contribution is 0.0996. The van der Waals surface area contributed by atoms with E-state index in [1.165, 1.54) is 0 Å². The molecule has 1 aromatic rings. The van der Waals surface area contributed by atoms with Gasteiger partial charge in [-0.25, -0.2) is 12.8 Å². The van der Waals surface area contributed by atoms with E-state index in [-0.39, 0.29) is 12.1 Å². The number of carbonyl (C=O) groups excluding carboxylic acids is 1. The number of alkyl halides is 1. The third kappa shape index (κ3) is 4.03. The Bertz CT molecular complexity index is 593. The summed E-state index contributed by atoms with van der Waals surface area (Å²) < 4.78 is 50.3. The highest BCUT2D eigenvalue weighted by atomic mass is 35.5. The molecule has 1 aromatic carbocycles. The summed E-state index contributed by atoms with van der Waals surface area (Å²) in [4.78, 5) is 11.0. The van der Waals surface area contributed by atoms with Crippen LogP contribution in [0.2, 0.25) is 5.02 Å². The van der Waals surface area contributed by atoms with Gasteiger partial charge >= 0.3 is 0 Å². The molecular weight excluding hydrogens is 302 g/mol. The van der Waals surface area contributed by atoms with Crippen molar-refractivity contribution in [3.63, 3.8) is 0 Å². The average Bonchev–Trinajstić information content (AvgIpc) is 2.30. The highest BCUT2D eigenvalue weighted by Crippen LogP contribution is 2.28. The molecule has 1 rings (SSSR count). The lowest BCUT2D eigenvalue weighted by atomic mass is 10.2. The van der Waals surface area contributed by atoms with Gasteiger partial charge < -0.3 is 5.73 Å². The quantitative estimate of drug-likeness (QED) is 0.837. The summed E-state index contributed by atoms with van der Waals surface area (Å²) in [5.74, 6) is -2.53. The number of primary amides is 1. The van der Waals surface area contributed by atoms with Crippen molar-refractivity contribution < 1.29 is 22.0 Å². The molecule has 0 bridgehead atoms. The molecule has 0 heterocycles.